The number of carbonyl (C=O) groups excluding carboxylic acids is 1. The summed E-state index contributed by atoms with van der Waals surface area (Å²) in [5.74, 6) is -0.918. The molecule has 0 spiro atoms. The van der Waals surface area contributed by atoms with Gasteiger partial charge in [-0.25, -0.2) is 4.79 Å². The topological polar surface area (TPSA) is 67.5 Å². The minimum absolute atomic E-state index is 0.0315. The number of hydrogen-bond donors (Lipinski definition) is 1. The van der Waals surface area contributed by atoms with Crippen LogP contribution < -0.4 is 0 Å². The van der Waals surface area contributed by atoms with Crippen LogP contribution in [0.5, 0.6) is 0 Å². The number of aromatic carboxylic acids is 1. The Hall–Kier alpha value is -1.58. The lowest BCUT2D eigenvalue weighted by Gasteiger charge is -1.88. The maximum Gasteiger partial charge on any atom is 0.338 e. The third kappa shape index (κ3) is 1.47. The van der Waals surface area contributed by atoms with Crippen LogP contribution in [0.1, 0.15) is 33.8 Å². The molecule has 0 radical (unpaired) electrons. The third-order valence-corrected chi connectivity index (χ3v) is 2.04. The van der Waals surface area contributed by atoms with Gasteiger partial charge in [0.1, 0.15) is 6.26 Å². The summed E-state index contributed by atoms with van der Waals surface area (Å²) in [6.07, 6.45) is 2.88. The van der Waals surface area contributed by atoms with Crippen LogP contribution in [0.3, 0.4) is 0 Å². The molecule has 4 heteroatoms. The molecule has 1 aliphatic carbocycles. The Balaban J connectivity index is 2.21. The van der Waals surface area contributed by atoms with Crippen molar-refractivity contribution >= 4 is 11.8 Å². The lowest BCUT2D eigenvalue weighted by molar-refractivity contribution is 0.0696. The van der Waals surface area contributed by atoms with Crippen molar-refractivity contribution < 1.29 is 19.1 Å². The van der Waals surface area contributed by atoms with Gasteiger partial charge in [-0.1, -0.05) is 0 Å². The summed E-state index contributed by atoms with van der Waals surface area (Å²) in [4.78, 5) is 21.8. The monoisotopic (exact) mass is 180 g/mol. The predicted octanol–water partition coefficient (Wildman–Crippen LogP) is 1.57. The van der Waals surface area contributed by atoms with E-state index in [2.05, 4.69) is 0 Å². The second-order valence-electron chi connectivity index (χ2n) is 3.14. The van der Waals surface area contributed by atoms with Gasteiger partial charge in [-0.3, -0.25) is 4.79 Å². The summed E-state index contributed by atoms with van der Waals surface area (Å²) in [5.41, 5.74) is 0.0315. The lowest BCUT2D eigenvalue weighted by atomic mass is 10.2. The van der Waals surface area contributed by atoms with E-state index in [1.165, 1.54) is 6.07 Å². The Morgan fingerprint density at radius 1 is 1.46 bits per heavy atom. The van der Waals surface area contributed by atoms with Crippen molar-refractivity contribution in [2.45, 2.75) is 12.8 Å². The van der Waals surface area contributed by atoms with Gasteiger partial charge in [-0.15, -0.1) is 0 Å². The van der Waals surface area contributed by atoms with Gasteiger partial charge in [0.25, 0.3) is 0 Å². The molecule has 1 aliphatic rings. The molecule has 0 unspecified atom stereocenters. The average Bonchev–Trinajstić information content (AvgIpc) is 2.81. The quantitative estimate of drug-likeness (QED) is 0.717. The van der Waals surface area contributed by atoms with Crippen LogP contribution in [-0.2, 0) is 0 Å². The molecule has 1 fully saturated rings. The summed E-state index contributed by atoms with van der Waals surface area (Å²) in [5, 5.41) is 8.56. The zero-order valence-electron chi connectivity index (χ0n) is 6.82. The minimum Gasteiger partial charge on any atom is -0.478 e. The standard InChI is InChI=1S/C9H8O4/c10-8(5-1-2-5)7-3-6(4-13-7)9(11)12/h3-5H,1-2H2,(H,11,12). The zero-order chi connectivity index (χ0) is 9.42. The van der Waals surface area contributed by atoms with E-state index in [1.54, 1.807) is 0 Å². The second kappa shape index (κ2) is 2.73. The first-order valence-electron chi connectivity index (χ1n) is 4.04. The normalized spacial score (nSPS) is 15.7. The van der Waals surface area contributed by atoms with Gasteiger partial charge in [-0.05, 0) is 12.8 Å². The smallest absolute Gasteiger partial charge is 0.338 e. The molecule has 4 nitrogen and oxygen atoms in total. The largest absolute Gasteiger partial charge is 0.478 e. The Kier molecular flexibility index (Phi) is 1.69. The molecule has 0 bridgehead atoms. The highest BCUT2D eigenvalue weighted by molar-refractivity contribution is 5.99. The highest BCUT2D eigenvalue weighted by atomic mass is 16.4. The minimum atomic E-state index is -1.07. The number of furan rings is 1. The molecule has 0 saturated heterocycles. The molecular weight excluding hydrogens is 172 g/mol. The second-order valence-corrected chi connectivity index (χ2v) is 3.14. The molecule has 0 aliphatic heterocycles. The maximum absolute atomic E-state index is 11.4. The van der Waals surface area contributed by atoms with Crippen LogP contribution in [0.4, 0.5) is 0 Å². The van der Waals surface area contributed by atoms with Crippen molar-refractivity contribution in [1.29, 1.82) is 0 Å². The van der Waals surface area contributed by atoms with Crippen molar-refractivity contribution in [3.8, 4) is 0 Å². The van der Waals surface area contributed by atoms with Crippen LogP contribution in [0, 0.1) is 5.92 Å². The van der Waals surface area contributed by atoms with E-state index in [4.69, 9.17) is 9.52 Å². The Bertz CT molecular complexity index is 359. The first kappa shape index (κ1) is 8.04. The summed E-state index contributed by atoms with van der Waals surface area (Å²) in [6.45, 7) is 0. The highest BCUT2D eigenvalue weighted by Crippen LogP contribution is 2.32. The van der Waals surface area contributed by atoms with Crippen molar-refractivity contribution in [2.75, 3.05) is 0 Å². The number of ketones is 1. The van der Waals surface area contributed by atoms with E-state index in [1.807, 2.05) is 0 Å². The third-order valence-electron chi connectivity index (χ3n) is 2.04. The first-order chi connectivity index (χ1) is 6.18. The van der Waals surface area contributed by atoms with Crippen LogP contribution >= 0.6 is 0 Å². The number of hydrogen-bond acceptors (Lipinski definition) is 3. The van der Waals surface area contributed by atoms with Crippen LogP contribution in [0.2, 0.25) is 0 Å². The van der Waals surface area contributed by atoms with Gasteiger partial charge in [0, 0.05) is 12.0 Å². The lowest BCUT2D eigenvalue weighted by Crippen LogP contribution is -1.99. The zero-order valence-corrected chi connectivity index (χ0v) is 6.82. The van der Waals surface area contributed by atoms with E-state index >= 15 is 0 Å². The molecule has 0 aromatic carbocycles. The molecule has 1 aromatic rings. The number of rotatable bonds is 3. The molecule has 1 aromatic heterocycles. The van der Waals surface area contributed by atoms with Crippen LogP contribution in [0.25, 0.3) is 0 Å². The van der Waals surface area contributed by atoms with Crippen molar-refractivity contribution in [2.24, 2.45) is 5.92 Å². The van der Waals surface area contributed by atoms with E-state index in [0.717, 1.165) is 19.1 Å². The number of Topliss-reactive ketones (excluding diaryl/α,β-unsaturated/α-hetero) is 1. The summed E-state index contributed by atoms with van der Waals surface area (Å²) >= 11 is 0. The van der Waals surface area contributed by atoms with E-state index < -0.39 is 5.97 Å². The van der Waals surface area contributed by atoms with Crippen molar-refractivity contribution in [3.63, 3.8) is 0 Å². The molecule has 13 heavy (non-hydrogen) atoms. The van der Waals surface area contributed by atoms with Gasteiger partial charge in [0.05, 0.1) is 5.56 Å². The van der Waals surface area contributed by atoms with E-state index in [0.29, 0.717) is 0 Å². The fourth-order valence-electron chi connectivity index (χ4n) is 1.12. The average molecular weight is 180 g/mol. The molecule has 1 N–H and O–H groups in total. The predicted molar refractivity (Wildman–Crippen MR) is 42.7 cm³/mol. The molecule has 0 atom stereocenters. The Morgan fingerprint density at radius 3 is 2.62 bits per heavy atom. The fraction of sp³-hybridized carbons (Fsp3) is 0.333. The van der Waals surface area contributed by atoms with Gasteiger partial charge < -0.3 is 9.52 Å². The van der Waals surface area contributed by atoms with Crippen LogP contribution in [0.15, 0.2) is 16.7 Å². The molecule has 68 valence electrons. The number of carboxylic acids is 1. The highest BCUT2D eigenvalue weighted by Gasteiger charge is 2.32. The molecule has 2 rings (SSSR count). The Morgan fingerprint density at radius 2 is 2.15 bits per heavy atom. The SMILES string of the molecule is O=C(O)c1coc(C(=O)C2CC2)c1. The first-order valence-corrected chi connectivity index (χ1v) is 4.04. The van der Waals surface area contributed by atoms with Crippen molar-refractivity contribution in [3.05, 3.63) is 23.7 Å². The van der Waals surface area contributed by atoms with Gasteiger partial charge >= 0.3 is 5.97 Å². The molecule has 1 saturated carbocycles. The molecule has 0 amide bonds. The van der Waals surface area contributed by atoms with Gasteiger partial charge in [-0.2, -0.15) is 0 Å². The summed E-state index contributed by atoms with van der Waals surface area (Å²) < 4.78 is 4.86. The summed E-state index contributed by atoms with van der Waals surface area (Å²) in [6, 6.07) is 1.28. The molecular formula is C9H8O4. The van der Waals surface area contributed by atoms with Gasteiger partial charge in [0.15, 0.2) is 5.76 Å². The van der Waals surface area contributed by atoms with Crippen molar-refractivity contribution in [1.82, 2.24) is 0 Å². The van der Waals surface area contributed by atoms with E-state index in [9.17, 15) is 9.59 Å². The fourth-order valence-corrected chi connectivity index (χ4v) is 1.12. The van der Waals surface area contributed by atoms with E-state index in [-0.39, 0.29) is 23.0 Å². The number of carboxylic acid groups (broad SMARTS) is 1. The summed E-state index contributed by atoms with van der Waals surface area (Å²) in [7, 11) is 0. The maximum atomic E-state index is 11.4. The molecule has 1 heterocycles. The Labute approximate surface area is 74.2 Å². The van der Waals surface area contributed by atoms with Crippen LogP contribution in [-0.4, -0.2) is 16.9 Å². The van der Waals surface area contributed by atoms with Gasteiger partial charge in [0.2, 0.25) is 5.78 Å². The number of carbonyl (C=O) groups is 2.